The first-order valence-corrected chi connectivity index (χ1v) is 8.06. The zero-order valence-electron chi connectivity index (χ0n) is 13.8. The molecule has 0 spiro atoms. The average Bonchev–Trinajstić information content (AvgIpc) is 3.03. The summed E-state index contributed by atoms with van der Waals surface area (Å²) in [5, 5.41) is 0.201. The Hall–Kier alpha value is -3.28. The topological polar surface area (TPSA) is 22.4 Å². The smallest absolute Gasteiger partial charge is 0.162 e. The van der Waals surface area contributed by atoms with Gasteiger partial charge in [0.2, 0.25) is 0 Å². The maximum absolute atomic E-state index is 14.5. The van der Waals surface area contributed by atoms with E-state index < -0.39 is 28.8 Å². The van der Waals surface area contributed by atoms with Crippen LogP contribution < -0.4 is 4.74 Å². The van der Waals surface area contributed by atoms with Crippen molar-refractivity contribution in [2.24, 2.45) is 0 Å². The van der Waals surface area contributed by atoms with Crippen molar-refractivity contribution in [2.45, 2.75) is 6.61 Å². The lowest BCUT2D eigenvalue weighted by Crippen LogP contribution is -1.98. The van der Waals surface area contributed by atoms with Crippen LogP contribution in [0, 0.1) is 23.3 Å². The third-order valence-corrected chi connectivity index (χ3v) is 4.07. The number of hydrogen-bond acceptors (Lipinski definition) is 2. The third-order valence-electron chi connectivity index (χ3n) is 4.07. The van der Waals surface area contributed by atoms with Crippen LogP contribution in [0.4, 0.5) is 17.6 Å². The highest BCUT2D eigenvalue weighted by atomic mass is 19.2. The number of fused-ring (bicyclic) bond motifs is 1. The van der Waals surface area contributed by atoms with E-state index in [0.717, 1.165) is 29.8 Å². The molecule has 0 radical (unpaired) electrons. The maximum atomic E-state index is 14.5. The van der Waals surface area contributed by atoms with Crippen molar-refractivity contribution in [3.63, 3.8) is 0 Å². The molecule has 3 aromatic carbocycles. The van der Waals surface area contributed by atoms with E-state index in [2.05, 4.69) is 0 Å². The van der Waals surface area contributed by atoms with E-state index in [9.17, 15) is 17.6 Å². The van der Waals surface area contributed by atoms with Gasteiger partial charge in [0.15, 0.2) is 11.6 Å². The Kier molecular flexibility index (Phi) is 4.32. The third kappa shape index (κ3) is 3.38. The van der Waals surface area contributed by atoms with Crippen LogP contribution in [0.25, 0.3) is 22.3 Å². The van der Waals surface area contributed by atoms with Gasteiger partial charge < -0.3 is 9.15 Å². The molecule has 0 saturated carbocycles. The maximum Gasteiger partial charge on any atom is 0.162 e. The molecule has 0 aliphatic carbocycles. The fourth-order valence-corrected chi connectivity index (χ4v) is 2.77. The average molecular weight is 372 g/mol. The summed E-state index contributed by atoms with van der Waals surface area (Å²) >= 11 is 0. The molecule has 1 heterocycles. The number of benzene rings is 3. The van der Waals surface area contributed by atoms with Crippen molar-refractivity contribution >= 4 is 11.0 Å². The SMILES string of the molecule is Fc1cc2cc(-c3c(F)cc(OCc4ccccc4)cc3F)oc2cc1F. The van der Waals surface area contributed by atoms with Gasteiger partial charge in [-0.05, 0) is 17.7 Å². The van der Waals surface area contributed by atoms with Crippen LogP contribution >= 0.6 is 0 Å². The summed E-state index contributed by atoms with van der Waals surface area (Å²) in [7, 11) is 0. The minimum atomic E-state index is -1.10. The van der Waals surface area contributed by atoms with Crippen molar-refractivity contribution in [1.82, 2.24) is 0 Å². The molecule has 0 aliphatic heterocycles. The summed E-state index contributed by atoms with van der Waals surface area (Å²) in [6.45, 7) is 0.155. The fourth-order valence-electron chi connectivity index (χ4n) is 2.77. The summed E-state index contributed by atoms with van der Waals surface area (Å²) < 4.78 is 66.3. The molecule has 2 nitrogen and oxygen atoms in total. The van der Waals surface area contributed by atoms with Crippen LogP contribution in [0.15, 0.2) is 65.1 Å². The lowest BCUT2D eigenvalue weighted by Gasteiger charge is -2.09. The Morgan fingerprint density at radius 2 is 1.41 bits per heavy atom. The Balaban J connectivity index is 1.66. The minimum Gasteiger partial charge on any atom is -0.489 e. The van der Waals surface area contributed by atoms with E-state index in [4.69, 9.17) is 9.15 Å². The van der Waals surface area contributed by atoms with Gasteiger partial charge in [0.1, 0.15) is 35.3 Å². The van der Waals surface area contributed by atoms with Gasteiger partial charge in [0, 0.05) is 23.6 Å². The van der Waals surface area contributed by atoms with Crippen molar-refractivity contribution in [3.05, 3.63) is 89.5 Å². The lowest BCUT2D eigenvalue weighted by atomic mass is 10.1. The van der Waals surface area contributed by atoms with Crippen LogP contribution in [-0.4, -0.2) is 0 Å². The molecule has 4 rings (SSSR count). The molecule has 0 atom stereocenters. The quantitative estimate of drug-likeness (QED) is 0.396. The summed E-state index contributed by atoms with van der Waals surface area (Å²) in [5.41, 5.74) is 0.412. The van der Waals surface area contributed by atoms with Gasteiger partial charge in [-0.25, -0.2) is 17.6 Å². The Morgan fingerprint density at radius 1 is 0.741 bits per heavy atom. The van der Waals surface area contributed by atoms with Crippen LogP contribution in [-0.2, 0) is 6.61 Å². The molecule has 6 heteroatoms. The van der Waals surface area contributed by atoms with Gasteiger partial charge >= 0.3 is 0 Å². The van der Waals surface area contributed by atoms with Gasteiger partial charge in [-0.1, -0.05) is 30.3 Å². The summed E-state index contributed by atoms with van der Waals surface area (Å²) in [6.07, 6.45) is 0. The van der Waals surface area contributed by atoms with Gasteiger partial charge in [-0.3, -0.25) is 0 Å². The van der Waals surface area contributed by atoms with Crippen LogP contribution in [0.3, 0.4) is 0 Å². The number of furan rings is 1. The molecule has 27 heavy (non-hydrogen) atoms. The van der Waals surface area contributed by atoms with Crippen LogP contribution in [0.2, 0.25) is 0 Å². The standard InChI is InChI=1S/C21H12F4O2/c22-15-6-13-7-20(27-19(13)10-16(15)23)21-17(24)8-14(9-18(21)25)26-11-12-4-2-1-3-5-12/h1-10H,11H2. The Labute approximate surface area is 151 Å². The second-order valence-electron chi connectivity index (χ2n) is 5.95. The van der Waals surface area contributed by atoms with E-state index in [1.165, 1.54) is 6.07 Å². The zero-order chi connectivity index (χ0) is 19.0. The van der Waals surface area contributed by atoms with Crippen LogP contribution in [0.5, 0.6) is 5.75 Å². The first-order valence-electron chi connectivity index (χ1n) is 8.06. The summed E-state index contributed by atoms with van der Waals surface area (Å²) in [6, 6.07) is 14.2. The van der Waals surface area contributed by atoms with Crippen LogP contribution in [0.1, 0.15) is 5.56 Å². The van der Waals surface area contributed by atoms with Gasteiger partial charge in [-0.15, -0.1) is 0 Å². The molecule has 0 saturated heterocycles. The van der Waals surface area contributed by atoms with E-state index in [0.29, 0.717) is 0 Å². The van der Waals surface area contributed by atoms with E-state index in [-0.39, 0.29) is 29.1 Å². The second kappa shape index (κ2) is 6.79. The van der Waals surface area contributed by atoms with E-state index >= 15 is 0 Å². The van der Waals surface area contributed by atoms with Crippen molar-refractivity contribution in [2.75, 3.05) is 0 Å². The van der Waals surface area contributed by atoms with Gasteiger partial charge in [-0.2, -0.15) is 0 Å². The molecule has 136 valence electrons. The first-order chi connectivity index (χ1) is 13.0. The highest BCUT2D eigenvalue weighted by Crippen LogP contribution is 2.34. The molecular weight excluding hydrogens is 360 g/mol. The van der Waals surface area contributed by atoms with E-state index in [1.807, 2.05) is 30.3 Å². The summed E-state index contributed by atoms with van der Waals surface area (Å²) in [4.78, 5) is 0. The monoisotopic (exact) mass is 372 g/mol. The summed E-state index contributed by atoms with van der Waals surface area (Å²) in [5.74, 6) is -4.13. The highest BCUT2D eigenvalue weighted by Gasteiger charge is 2.19. The first kappa shape index (κ1) is 17.1. The predicted octanol–water partition coefficient (Wildman–Crippen LogP) is 6.24. The van der Waals surface area contributed by atoms with Crippen molar-refractivity contribution in [3.8, 4) is 17.1 Å². The van der Waals surface area contributed by atoms with Gasteiger partial charge in [0.25, 0.3) is 0 Å². The highest BCUT2D eigenvalue weighted by molar-refractivity contribution is 5.83. The Bertz CT molecular complexity index is 1060. The van der Waals surface area contributed by atoms with Crippen molar-refractivity contribution in [1.29, 1.82) is 0 Å². The number of hydrogen-bond donors (Lipinski definition) is 0. The van der Waals surface area contributed by atoms with E-state index in [1.54, 1.807) is 0 Å². The molecule has 0 aliphatic rings. The molecule has 0 unspecified atom stereocenters. The molecule has 0 fully saturated rings. The number of halogens is 4. The molecular formula is C21H12F4O2. The minimum absolute atomic E-state index is 0.00731. The lowest BCUT2D eigenvalue weighted by molar-refractivity contribution is 0.303. The molecule has 4 aromatic rings. The Morgan fingerprint density at radius 3 is 2.11 bits per heavy atom. The zero-order valence-corrected chi connectivity index (χ0v) is 13.8. The molecule has 0 amide bonds. The fraction of sp³-hybridized carbons (Fsp3) is 0.0476. The molecule has 0 N–H and O–H groups in total. The number of ether oxygens (including phenoxy) is 1. The molecule has 0 bridgehead atoms. The van der Waals surface area contributed by atoms with Crippen molar-refractivity contribution < 1.29 is 26.7 Å². The second-order valence-corrected chi connectivity index (χ2v) is 5.95. The predicted molar refractivity (Wildman–Crippen MR) is 92.3 cm³/mol. The van der Waals surface area contributed by atoms with Gasteiger partial charge in [0.05, 0.1) is 5.56 Å². The normalized spacial score (nSPS) is 11.1. The largest absolute Gasteiger partial charge is 0.489 e. The molecule has 1 aromatic heterocycles. The number of rotatable bonds is 4.